The molecule has 21 heavy (non-hydrogen) atoms. The first-order valence-corrected chi connectivity index (χ1v) is 7.48. The van der Waals surface area contributed by atoms with Gasteiger partial charge in [-0.3, -0.25) is 4.79 Å². The Hall–Kier alpha value is -1.55. The molecular weight excluding hydrogens is 264 g/mol. The van der Waals surface area contributed by atoms with E-state index in [1.807, 2.05) is 24.3 Å². The zero-order valence-corrected chi connectivity index (χ0v) is 13.6. The van der Waals surface area contributed by atoms with E-state index < -0.39 is 0 Å². The second-order valence-electron chi connectivity index (χ2n) is 6.91. The van der Waals surface area contributed by atoms with Gasteiger partial charge in [-0.2, -0.15) is 0 Å². The largest absolute Gasteiger partial charge is 0.379 e. The van der Waals surface area contributed by atoms with Crippen molar-refractivity contribution in [1.29, 1.82) is 0 Å². The Labute approximate surface area is 127 Å². The molecule has 2 N–H and O–H groups in total. The van der Waals surface area contributed by atoms with Gasteiger partial charge >= 0.3 is 0 Å². The number of carbonyl (C=O) groups is 1. The minimum Gasteiger partial charge on any atom is -0.379 e. The fourth-order valence-corrected chi connectivity index (χ4v) is 2.98. The van der Waals surface area contributed by atoms with Gasteiger partial charge in [0.2, 0.25) is 5.91 Å². The van der Waals surface area contributed by atoms with Crippen LogP contribution in [0, 0.1) is 0 Å². The summed E-state index contributed by atoms with van der Waals surface area (Å²) in [6.07, 6.45) is 1.39. The second kappa shape index (κ2) is 5.68. The van der Waals surface area contributed by atoms with Gasteiger partial charge in [0.1, 0.15) is 0 Å². The molecule has 1 amide bonds. The molecule has 4 heteroatoms. The number of hydrogen-bond acceptors (Lipinski definition) is 3. The number of likely N-dealkylation sites (N-methyl/N-ethyl adjacent to an activating group) is 1. The quantitative estimate of drug-likeness (QED) is 0.896. The molecule has 2 rings (SSSR count). The van der Waals surface area contributed by atoms with Crippen molar-refractivity contribution < 1.29 is 9.53 Å². The van der Waals surface area contributed by atoms with E-state index in [1.54, 1.807) is 7.05 Å². The van der Waals surface area contributed by atoms with Crippen LogP contribution >= 0.6 is 0 Å². The van der Waals surface area contributed by atoms with Gasteiger partial charge in [0, 0.05) is 12.7 Å². The average molecular weight is 290 g/mol. The van der Waals surface area contributed by atoms with Crippen molar-refractivity contribution in [3.63, 3.8) is 0 Å². The van der Waals surface area contributed by atoms with Crippen LogP contribution in [0.5, 0.6) is 0 Å². The summed E-state index contributed by atoms with van der Waals surface area (Å²) < 4.78 is 6.10. The summed E-state index contributed by atoms with van der Waals surface area (Å²) in [4.78, 5) is 11.4. The maximum absolute atomic E-state index is 11.4. The molecule has 1 aliphatic heterocycles. The SMILES string of the molecule is CNC(=O)Cc1ccc(NC2CC(C)(C)OC2(C)C)cc1. The van der Waals surface area contributed by atoms with Gasteiger partial charge < -0.3 is 15.4 Å². The lowest BCUT2D eigenvalue weighted by atomic mass is 9.94. The molecule has 0 bridgehead atoms. The van der Waals surface area contributed by atoms with E-state index in [4.69, 9.17) is 4.74 Å². The zero-order valence-electron chi connectivity index (χ0n) is 13.6. The van der Waals surface area contributed by atoms with Crippen molar-refractivity contribution in [1.82, 2.24) is 5.32 Å². The molecule has 1 unspecified atom stereocenters. The number of ether oxygens (including phenoxy) is 1. The Morgan fingerprint density at radius 3 is 2.33 bits per heavy atom. The van der Waals surface area contributed by atoms with Gasteiger partial charge in [-0.25, -0.2) is 0 Å². The molecule has 0 aliphatic carbocycles. The number of nitrogens with one attached hydrogen (secondary N) is 2. The van der Waals surface area contributed by atoms with Crippen LogP contribution in [-0.4, -0.2) is 30.2 Å². The Morgan fingerprint density at radius 2 is 1.86 bits per heavy atom. The van der Waals surface area contributed by atoms with E-state index in [0.29, 0.717) is 6.42 Å². The highest BCUT2D eigenvalue weighted by Gasteiger charge is 2.45. The Balaban J connectivity index is 2.02. The highest BCUT2D eigenvalue weighted by atomic mass is 16.5. The lowest BCUT2D eigenvalue weighted by Crippen LogP contribution is -2.38. The third kappa shape index (κ3) is 3.97. The van der Waals surface area contributed by atoms with E-state index in [0.717, 1.165) is 17.7 Å². The Bertz CT molecular complexity index is 506. The van der Waals surface area contributed by atoms with Crippen LogP contribution < -0.4 is 10.6 Å². The summed E-state index contributed by atoms with van der Waals surface area (Å²) in [5.41, 5.74) is 1.79. The number of amides is 1. The Morgan fingerprint density at radius 1 is 1.24 bits per heavy atom. The molecule has 0 spiro atoms. The molecule has 4 nitrogen and oxygen atoms in total. The summed E-state index contributed by atoms with van der Waals surface area (Å²) in [6.45, 7) is 8.50. The molecular formula is C17H26N2O2. The molecule has 0 aromatic heterocycles. The van der Waals surface area contributed by atoms with Crippen molar-refractivity contribution >= 4 is 11.6 Å². The van der Waals surface area contributed by atoms with E-state index in [2.05, 4.69) is 38.3 Å². The fraction of sp³-hybridized carbons (Fsp3) is 0.588. The summed E-state index contributed by atoms with van der Waals surface area (Å²) in [6, 6.07) is 8.31. The van der Waals surface area contributed by atoms with Crippen molar-refractivity contribution in [3.8, 4) is 0 Å². The van der Waals surface area contributed by atoms with Crippen LogP contribution in [-0.2, 0) is 16.0 Å². The third-order valence-corrected chi connectivity index (χ3v) is 4.01. The lowest BCUT2D eigenvalue weighted by Gasteiger charge is -2.28. The van der Waals surface area contributed by atoms with E-state index in [-0.39, 0.29) is 23.2 Å². The van der Waals surface area contributed by atoms with Gasteiger partial charge in [0.25, 0.3) is 0 Å². The number of anilines is 1. The van der Waals surface area contributed by atoms with E-state index in [9.17, 15) is 4.79 Å². The number of rotatable bonds is 4. The predicted molar refractivity (Wildman–Crippen MR) is 85.5 cm³/mol. The molecule has 1 atom stereocenters. The van der Waals surface area contributed by atoms with Crippen LogP contribution in [0.3, 0.4) is 0 Å². The van der Waals surface area contributed by atoms with Crippen molar-refractivity contribution in [2.24, 2.45) is 0 Å². The molecule has 1 saturated heterocycles. The molecule has 1 aromatic rings. The standard InChI is InChI=1S/C17H26N2O2/c1-16(2)11-14(17(3,4)21-16)19-13-8-6-12(7-9-13)10-15(20)18-5/h6-9,14,19H,10-11H2,1-5H3,(H,18,20). The summed E-state index contributed by atoms with van der Waals surface area (Å²) in [5.74, 6) is 0.0304. The number of hydrogen-bond donors (Lipinski definition) is 2. The molecule has 1 aliphatic rings. The predicted octanol–water partition coefficient (Wildman–Crippen LogP) is 2.73. The highest BCUT2D eigenvalue weighted by Crippen LogP contribution is 2.38. The zero-order chi connectivity index (χ0) is 15.7. The van der Waals surface area contributed by atoms with Gasteiger partial charge in [0.15, 0.2) is 0 Å². The van der Waals surface area contributed by atoms with E-state index >= 15 is 0 Å². The first kappa shape index (κ1) is 15.8. The van der Waals surface area contributed by atoms with Crippen LogP contribution in [0.1, 0.15) is 39.7 Å². The van der Waals surface area contributed by atoms with Crippen LogP contribution in [0.25, 0.3) is 0 Å². The van der Waals surface area contributed by atoms with Crippen molar-refractivity contribution in [2.75, 3.05) is 12.4 Å². The van der Waals surface area contributed by atoms with Crippen LogP contribution in [0.15, 0.2) is 24.3 Å². The van der Waals surface area contributed by atoms with Crippen molar-refractivity contribution in [2.45, 2.75) is 57.8 Å². The minimum atomic E-state index is -0.190. The monoisotopic (exact) mass is 290 g/mol. The van der Waals surface area contributed by atoms with Crippen molar-refractivity contribution in [3.05, 3.63) is 29.8 Å². The minimum absolute atomic E-state index is 0.0304. The lowest BCUT2D eigenvalue weighted by molar-refractivity contribution is -0.119. The molecule has 1 heterocycles. The van der Waals surface area contributed by atoms with Gasteiger partial charge in [-0.05, 0) is 51.8 Å². The molecule has 0 radical (unpaired) electrons. The maximum atomic E-state index is 11.4. The topological polar surface area (TPSA) is 50.4 Å². The van der Waals surface area contributed by atoms with Gasteiger partial charge in [0.05, 0.1) is 23.7 Å². The number of benzene rings is 1. The van der Waals surface area contributed by atoms with Crippen LogP contribution in [0.4, 0.5) is 5.69 Å². The summed E-state index contributed by atoms with van der Waals surface area (Å²) in [5, 5.41) is 6.19. The van der Waals surface area contributed by atoms with Gasteiger partial charge in [-0.1, -0.05) is 12.1 Å². The molecule has 1 fully saturated rings. The molecule has 1 aromatic carbocycles. The smallest absolute Gasteiger partial charge is 0.224 e. The Kier molecular flexibility index (Phi) is 4.28. The molecule has 0 saturated carbocycles. The summed E-state index contributed by atoms with van der Waals surface area (Å²) in [7, 11) is 1.65. The van der Waals surface area contributed by atoms with Crippen LogP contribution in [0.2, 0.25) is 0 Å². The third-order valence-electron chi connectivity index (χ3n) is 4.01. The maximum Gasteiger partial charge on any atom is 0.224 e. The molecule has 116 valence electrons. The summed E-state index contributed by atoms with van der Waals surface area (Å²) >= 11 is 0. The fourth-order valence-electron chi connectivity index (χ4n) is 2.98. The first-order chi connectivity index (χ1) is 9.72. The second-order valence-corrected chi connectivity index (χ2v) is 6.91. The normalized spacial score (nSPS) is 22.8. The van der Waals surface area contributed by atoms with E-state index in [1.165, 1.54) is 0 Å². The average Bonchev–Trinajstić information content (AvgIpc) is 2.59. The first-order valence-electron chi connectivity index (χ1n) is 7.48. The highest BCUT2D eigenvalue weighted by molar-refractivity contribution is 5.78. The van der Waals surface area contributed by atoms with Gasteiger partial charge in [-0.15, -0.1) is 0 Å². The number of carbonyl (C=O) groups excluding carboxylic acids is 1.